The molecule has 0 aromatic heterocycles. The first-order valence-electron chi connectivity index (χ1n) is 7.15. The van der Waals surface area contributed by atoms with Crippen LogP contribution in [-0.4, -0.2) is 44.1 Å². The van der Waals surface area contributed by atoms with Gasteiger partial charge in [-0.05, 0) is 38.3 Å². The maximum absolute atomic E-state index is 12.2. The van der Waals surface area contributed by atoms with Crippen LogP contribution in [-0.2, 0) is 14.8 Å². The van der Waals surface area contributed by atoms with Gasteiger partial charge in [-0.1, -0.05) is 27.2 Å². The average molecular weight is 290 g/mol. The average Bonchev–Trinajstić information content (AvgIpc) is 2.28. The smallest absolute Gasteiger partial charge is 0.251 e. The summed E-state index contributed by atoms with van der Waals surface area (Å²) >= 11 is 0. The third-order valence-electron chi connectivity index (χ3n) is 3.41. The number of sulfonamides is 1. The van der Waals surface area contributed by atoms with Crippen LogP contribution in [0.5, 0.6) is 0 Å². The Kier molecular flexibility index (Phi) is 6.26. The fraction of sp³-hybridized carbons (Fsp3) is 0.923. The molecule has 0 unspecified atom stereocenters. The summed E-state index contributed by atoms with van der Waals surface area (Å²) in [7, 11) is -3.47. The lowest BCUT2D eigenvalue weighted by Gasteiger charge is -2.35. The Bertz CT molecular complexity index is 387. The fourth-order valence-corrected chi connectivity index (χ4v) is 3.69. The molecule has 6 heteroatoms. The van der Waals surface area contributed by atoms with E-state index in [0.717, 1.165) is 25.9 Å². The Morgan fingerprint density at radius 1 is 1.21 bits per heavy atom. The highest BCUT2D eigenvalue weighted by Crippen LogP contribution is 2.18. The van der Waals surface area contributed by atoms with Gasteiger partial charge in [0.25, 0.3) is 5.91 Å². The Balaban J connectivity index is 2.73. The lowest BCUT2D eigenvalue weighted by molar-refractivity contribution is -0.126. The molecule has 0 aromatic rings. The molecule has 1 aliphatic heterocycles. The van der Waals surface area contributed by atoms with Gasteiger partial charge in [-0.25, -0.2) is 8.42 Å². The topological polar surface area (TPSA) is 66.5 Å². The molecule has 1 amide bonds. The Morgan fingerprint density at radius 2 is 1.79 bits per heavy atom. The normalized spacial score (nSPS) is 19.4. The molecule has 1 N–H and O–H groups in total. The summed E-state index contributed by atoms with van der Waals surface area (Å²) in [6.45, 7) is 7.47. The van der Waals surface area contributed by atoms with E-state index in [2.05, 4.69) is 9.62 Å². The highest BCUT2D eigenvalue weighted by molar-refractivity contribution is 7.90. The van der Waals surface area contributed by atoms with Gasteiger partial charge < -0.3 is 0 Å². The summed E-state index contributed by atoms with van der Waals surface area (Å²) < 4.78 is 25.6. The quantitative estimate of drug-likeness (QED) is 0.802. The van der Waals surface area contributed by atoms with Gasteiger partial charge in [-0.3, -0.25) is 14.4 Å². The zero-order valence-electron chi connectivity index (χ0n) is 12.2. The third-order valence-corrected chi connectivity index (χ3v) is 4.87. The minimum Gasteiger partial charge on any atom is -0.292 e. The molecule has 0 aromatic carbocycles. The van der Waals surface area contributed by atoms with Crippen molar-refractivity contribution in [3.63, 3.8) is 0 Å². The van der Waals surface area contributed by atoms with E-state index in [4.69, 9.17) is 0 Å². The molecule has 1 aliphatic rings. The van der Waals surface area contributed by atoms with Gasteiger partial charge in [0.15, 0.2) is 0 Å². The highest BCUT2D eigenvalue weighted by Gasteiger charge is 2.31. The van der Waals surface area contributed by atoms with Crippen LogP contribution in [0, 0.1) is 5.92 Å². The molecular formula is C13H26N2O3S. The number of hydrogen-bond donors (Lipinski definition) is 1. The lowest BCUT2D eigenvalue weighted by atomic mass is 9.99. The van der Waals surface area contributed by atoms with Gasteiger partial charge in [-0.2, -0.15) is 0 Å². The first-order chi connectivity index (χ1) is 8.87. The number of hydrogen-bond acceptors (Lipinski definition) is 4. The number of rotatable bonds is 6. The minimum atomic E-state index is -3.47. The van der Waals surface area contributed by atoms with Crippen molar-refractivity contribution in [3.05, 3.63) is 0 Å². The number of nitrogens with zero attached hydrogens (tertiary/aromatic N) is 1. The van der Waals surface area contributed by atoms with E-state index in [-0.39, 0.29) is 23.6 Å². The van der Waals surface area contributed by atoms with Crippen LogP contribution in [0.15, 0.2) is 0 Å². The summed E-state index contributed by atoms with van der Waals surface area (Å²) in [5.74, 6) is -0.260. The summed E-state index contributed by atoms with van der Waals surface area (Å²) in [6.07, 6.45) is 3.87. The Labute approximate surface area is 116 Å². The molecule has 1 saturated heterocycles. The van der Waals surface area contributed by atoms with Crippen LogP contribution in [0.2, 0.25) is 0 Å². The zero-order chi connectivity index (χ0) is 14.5. The molecule has 1 atom stereocenters. The van der Waals surface area contributed by atoms with Crippen molar-refractivity contribution in [2.75, 3.05) is 18.8 Å². The van der Waals surface area contributed by atoms with Gasteiger partial charge in [0.05, 0.1) is 11.8 Å². The molecule has 1 heterocycles. The van der Waals surface area contributed by atoms with E-state index in [0.29, 0.717) is 6.42 Å². The van der Waals surface area contributed by atoms with Gasteiger partial charge >= 0.3 is 0 Å². The van der Waals surface area contributed by atoms with E-state index in [1.165, 1.54) is 6.42 Å². The maximum atomic E-state index is 12.2. The Hall–Kier alpha value is -0.620. The number of piperidine rings is 1. The molecule has 0 saturated carbocycles. The maximum Gasteiger partial charge on any atom is 0.251 e. The van der Waals surface area contributed by atoms with E-state index < -0.39 is 10.0 Å². The predicted octanol–water partition coefficient (Wildman–Crippen LogP) is 1.35. The van der Waals surface area contributed by atoms with E-state index in [1.807, 2.05) is 13.8 Å². The molecule has 19 heavy (non-hydrogen) atoms. The third kappa shape index (κ3) is 5.10. The van der Waals surface area contributed by atoms with Crippen LogP contribution in [0.1, 0.15) is 46.5 Å². The summed E-state index contributed by atoms with van der Waals surface area (Å²) in [6, 6.07) is -0.341. The number of likely N-dealkylation sites (tertiary alicyclic amines) is 1. The van der Waals surface area contributed by atoms with E-state index in [9.17, 15) is 13.2 Å². The largest absolute Gasteiger partial charge is 0.292 e. The molecule has 1 rings (SSSR count). The molecule has 1 fully saturated rings. The lowest BCUT2D eigenvalue weighted by Crippen LogP contribution is -2.52. The van der Waals surface area contributed by atoms with Crippen molar-refractivity contribution in [1.82, 2.24) is 9.62 Å². The van der Waals surface area contributed by atoms with E-state index >= 15 is 0 Å². The molecule has 0 radical (unpaired) electrons. The predicted molar refractivity (Wildman–Crippen MR) is 76.3 cm³/mol. The van der Waals surface area contributed by atoms with Crippen molar-refractivity contribution in [2.24, 2.45) is 5.92 Å². The standard InChI is InChI=1S/C13H26N2O3S/c1-4-10-19(17,18)14-13(16)12(11(2)3)15-8-6-5-7-9-15/h11-12H,4-10H2,1-3H3,(H,14,16)/t12-/m0/s1. The second kappa shape index (κ2) is 7.24. The van der Waals surface area contributed by atoms with Crippen molar-refractivity contribution in [1.29, 1.82) is 0 Å². The van der Waals surface area contributed by atoms with Crippen molar-refractivity contribution in [2.45, 2.75) is 52.5 Å². The van der Waals surface area contributed by atoms with Crippen LogP contribution in [0.4, 0.5) is 0 Å². The Morgan fingerprint density at radius 3 is 2.26 bits per heavy atom. The zero-order valence-corrected chi connectivity index (χ0v) is 13.0. The highest BCUT2D eigenvalue weighted by atomic mass is 32.2. The van der Waals surface area contributed by atoms with Crippen LogP contribution < -0.4 is 4.72 Å². The number of amides is 1. The van der Waals surface area contributed by atoms with E-state index in [1.54, 1.807) is 6.92 Å². The molecule has 112 valence electrons. The van der Waals surface area contributed by atoms with Crippen molar-refractivity contribution in [3.8, 4) is 0 Å². The summed E-state index contributed by atoms with van der Waals surface area (Å²) in [5, 5.41) is 0. The van der Waals surface area contributed by atoms with Crippen molar-refractivity contribution < 1.29 is 13.2 Å². The molecular weight excluding hydrogens is 264 g/mol. The second-order valence-corrected chi connectivity index (χ2v) is 7.41. The van der Waals surface area contributed by atoms with Gasteiger partial charge in [0.2, 0.25) is 10.0 Å². The minimum absolute atomic E-state index is 0.00353. The molecule has 0 aliphatic carbocycles. The first-order valence-corrected chi connectivity index (χ1v) is 8.81. The number of carbonyl (C=O) groups excluding carboxylic acids is 1. The van der Waals surface area contributed by atoms with Crippen LogP contribution >= 0.6 is 0 Å². The second-order valence-electron chi connectivity index (χ2n) is 5.57. The first kappa shape index (κ1) is 16.4. The van der Waals surface area contributed by atoms with Crippen LogP contribution in [0.3, 0.4) is 0 Å². The van der Waals surface area contributed by atoms with Gasteiger partial charge in [0, 0.05) is 0 Å². The molecule has 0 spiro atoms. The number of nitrogens with one attached hydrogen (secondary N) is 1. The van der Waals surface area contributed by atoms with Gasteiger partial charge in [0.1, 0.15) is 0 Å². The monoisotopic (exact) mass is 290 g/mol. The summed E-state index contributed by atoms with van der Waals surface area (Å²) in [4.78, 5) is 14.4. The molecule has 0 bridgehead atoms. The SMILES string of the molecule is CCCS(=O)(=O)NC(=O)[C@H](C(C)C)N1CCCCC1. The molecule has 5 nitrogen and oxygen atoms in total. The van der Waals surface area contributed by atoms with Gasteiger partial charge in [-0.15, -0.1) is 0 Å². The van der Waals surface area contributed by atoms with Crippen LogP contribution in [0.25, 0.3) is 0 Å². The fourth-order valence-electron chi connectivity index (χ4n) is 2.62. The van der Waals surface area contributed by atoms with Crippen molar-refractivity contribution >= 4 is 15.9 Å². The number of carbonyl (C=O) groups is 1. The summed E-state index contributed by atoms with van der Waals surface area (Å²) in [5.41, 5.74) is 0.